The second-order valence-electron chi connectivity index (χ2n) is 3.91. The highest BCUT2D eigenvalue weighted by molar-refractivity contribution is 5.97. The van der Waals surface area contributed by atoms with Crippen molar-refractivity contribution < 1.29 is 9.53 Å². The molecule has 0 unspecified atom stereocenters. The molecule has 6 heteroatoms. The molecule has 1 heterocycles. The van der Waals surface area contributed by atoms with Crippen LogP contribution in [0.3, 0.4) is 0 Å². The first-order valence-electron chi connectivity index (χ1n) is 5.58. The molecule has 0 radical (unpaired) electrons. The maximum atomic E-state index is 12.2. The first-order valence-corrected chi connectivity index (χ1v) is 5.58. The predicted octanol–water partition coefficient (Wildman–Crippen LogP) is 0.283. The molecule has 1 amide bonds. The second kappa shape index (κ2) is 5.67. The minimum Gasteiger partial charge on any atom is -0.395 e. The number of carbonyl (C=O) groups is 1. The number of aryl methyl sites for hydroxylation is 2. The van der Waals surface area contributed by atoms with Crippen molar-refractivity contribution in [1.29, 1.82) is 0 Å². The molecule has 1 rings (SSSR count). The summed E-state index contributed by atoms with van der Waals surface area (Å²) < 4.78 is 6.48. The van der Waals surface area contributed by atoms with Gasteiger partial charge in [-0.05, 0) is 6.42 Å². The lowest BCUT2D eigenvalue weighted by atomic mass is 10.2. The maximum Gasteiger partial charge on any atom is 0.274 e. The molecule has 0 spiro atoms. The molecule has 0 saturated carbocycles. The first-order chi connectivity index (χ1) is 8.02. The van der Waals surface area contributed by atoms with E-state index in [1.807, 2.05) is 6.92 Å². The van der Waals surface area contributed by atoms with E-state index >= 15 is 0 Å². The standard InChI is InChI=1S/C11H20N4O2/c1-5-8-9(12)10(15(3)13-8)11(16)14(2)6-7-17-4/h5-7,12H2,1-4H3. The summed E-state index contributed by atoms with van der Waals surface area (Å²) in [6, 6.07) is 0. The average molecular weight is 240 g/mol. The fourth-order valence-electron chi connectivity index (χ4n) is 1.62. The molecule has 0 aliphatic rings. The van der Waals surface area contributed by atoms with Gasteiger partial charge in [-0.25, -0.2) is 0 Å². The van der Waals surface area contributed by atoms with Crippen molar-refractivity contribution in [3.8, 4) is 0 Å². The van der Waals surface area contributed by atoms with Gasteiger partial charge >= 0.3 is 0 Å². The Labute approximate surface area is 101 Å². The minimum absolute atomic E-state index is 0.130. The van der Waals surface area contributed by atoms with Crippen LogP contribution >= 0.6 is 0 Å². The third kappa shape index (κ3) is 2.76. The van der Waals surface area contributed by atoms with Crippen molar-refractivity contribution in [3.05, 3.63) is 11.4 Å². The smallest absolute Gasteiger partial charge is 0.274 e. The van der Waals surface area contributed by atoms with E-state index in [4.69, 9.17) is 10.5 Å². The summed E-state index contributed by atoms with van der Waals surface area (Å²) in [6.45, 7) is 2.99. The molecule has 0 bridgehead atoms. The molecule has 6 nitrogen and oxygen atoms in total. The summed E-state index contributed by atoms with van der Waals surface area (Å²) in [7, 11) is 5.05. The lowest BCUT2D eigenvalue weighted by molar-refractivity contribution is 0.0734. The quantitative estimate of drug-likeness (QED) is 0.802. The third-order valence-corrected chi connectivity index (χ3v) is 2.68. The largest absolute Gasteiger partial charge is 0.395 e. The molecule has 0 aromatic carbocycles. The van der Waals surface area contributed by atoms with Gasteiger partial charge < -0.3 is 15.4 Å². The van der Waals surface area contributed by atoms with Crippen molar-refractivity contribution in [1.82, 2.24) is 14.7 Å². The van der Waals surface area contributed by atoms with Crippen molar-refractivity contribution >= 4 is 11.6 Å². The Morgan fingerprint density at radius 1 is 1.59 bits per heavy atom. The predicted molar refractivity (Wildman–Crippen MR) is 65.8 cm³/mol. The molecule has 17 heavy (non-hydrogen) atoms. The van der Waals surface area contributed by atoms with Crippen LogP contribution < -0.4 is 5.73 Å². The summed E-state index contributed by atoms with van der Waals surface area (Å²) >= 11 is 0. The van der Waals surface area contributed by atoms with Crippen LogP contribution in [0, 0.1) is 0 Å². The van der Waals surface area contributed by atoms with Crippen LogP contribution in [0.5, 0.6) is 0 Å². The number of methoxy groups -OCH3 is 1. The van der Waals surface area contributed by atoms with E-state index in [2.05, 4.69) is 5.10 Å². The van der Waals surface area contributed by atoms with Crippen molar-refractivity contribution in [2.24, 2.45) is 7.05 Å². The second-order valence-corrected chi connectivity index (χ2v) is 3.91. The molecule has 0 saturated heterocycles. The highest BCUT2D eigenvalue weighted by Crippen LogP contribution is 2.18. The molecule has 0 aliphatic carbocycles. The molecular weight excluding hydrogens is 220 g/mol. The van der Waals surface area contributed by atoms with Gasteiger partial charge in [0.25, 0.3) is 5.91 Å². The topological polar surface area (TPSA) is 73.4 Å². The number of amides is 1. The summed E-state index contributed by atoms with van der Waals surface area (Å²) in [5.41, 5.74) is 7.60. The minimum atomic E-state index is -0.130. The Morgan fingerprint density at radius 2 is 2.24 bits per heavy atom. The van der Waals surface area contributed by atoms with E-state index in [-0.39, 0.29) is 5.91 Å². The Morgan fingerprint density at radius 3 is 2.71 bits per heavy atom. The van der Waals surface area contributed by atoms with Crippen LogP contribution in [0.4, 0.5) is 5.69 Å². The van der Waals surface area contributed by atoms with Crippen molar-refractivity contribution in [2.75, 3.05) is 33.0 Å². The Hall–Kier alpha value is -1.56. The lowest BCUT2D eigenvalue weighted by Gasteiger charge is -2.16. The average Bonchev–Trinajstić information content (AvgIpc) is 2.60. The van der Waals surface area contributed by atoms with Crippen LogP contribution in [-0.2, 0) is 18.2 Å². The van der Waals surface area contributed by atoms with Gasteiger partial charge in [0.1, 0.15) is 5.69 Å². The van der Waals surface area contributed by atoms with Gasteiger partial charge in [-0.1, -0.05) is 6.92 Å². The molecule has 2 N–H and O–H groups in total. The molecule has 0 fully saturated rings. The molecule has 0 atom stereocenters. The van der Waals surface area contributed by atoms with Crippen LogP contribution in [0.1, 0.15) is 23.1 Å². The fraction of sp³-hybridized carbons (Fsp3) is 0.636. The van der Waals surface area contributed by atoms with Crippen LogP contribution in [0.2, 0.25) is 0 Å². The lowest BCUT2D eigenvalue weighted by Crippen LogP contribution is -2.31. The number of hydrogen-bond acceptors (Lipinski definition) is 4. The number of rotatable bonds is 5. The first kappa shape index (κ1) is 13.5. The van der Waals surface area contributed by atoms with E-state index in [1.165, 1.54) is 0 Å². The van der Waals surface area contributed by atoms with Crippen LogP contribution in [-0.4, -0.2) is 47.9 Å². The maximum absolute atomic E-state index is 12.2. The molecule has 0 aliphatic heterocycles. The summed E-state index contributed by atoms with van der Waals surface area (Å²) in [6.07, 6.45) is 0.717. The summed E-state index contributed by atoms with van der Waals surface area (Å²) in [5, 5.41) is 4.23. The molecular formula is C11H20N4O2. The number of carbonyl (C=O) groups excluding carboxylic acids is 1. The third-order valence-electron chi connectivity index (χ3n) is 2.68. The number of likely N-dealkylation sites (N-methyl/N-ethyl adjacent to an activating group) is 1. The van der Waals surface area contributed by atoms with Gasteiger partial charge in [-0.15, -0.1) is 0 Å². The van der Waals surface area contributed by atoms with E-state index in [0.29, 0.717) is 24.5 Å². The number of anilines is 1. The molecule has 1 aromatic rings. The normalized spacial score (nSPS) is 10.6. The number of ether oxygens (including phenoxy) is 1. The van der Waals surface area contributed by atoms with Crippen molar-refractivity contribution in [2.45, 2.75) is 13.3 Å². The molecule has 1 aromatic heterocycles. The van der Waals surface area contributed by atoms with Gasteiger partial charge in [0, 0.05) is 27.7 Å². The van der Waals surface area contributed by atoms with Crippen LogP contribution in [0.25, 0.3) is 0 Å². The highest BCUT2D eigenvalue weighted by atomic mass is 16.5. The summed E-state index contributed by atoms with van der Waals surface area (Å²) in [5.74, 6) is -0.130. The number of nitrogens with two attached hydrogens (primary N) is 1. The number of nitrogen functional groups attached to an aromatic ring is 1. The zero-order valence-electron chi connectivity index (χ0n) is 10.9. The fourth-order valence-corrected chi connectivity index (χ4v) is 1.62. The van der Waals surface area contributed by atoms with E-state index in [9.17, 15) is 4.79 Å². The Kier molecular flexibility index (Phi) is 4.51. The van der Waals surface area contributed by atoms with E-state index in [1.54, 1.807) is 30.8 Å². The zero-order valence-corrected chi connectivity index (χ0v) is 10.9. The number of hydrogen-bond donors (Lipinski definition) is 1. The van der Waals surface area contributed by atoms with Gasteiger partial charge in [-0.3, -0.25) is 9.48 Å². The van der Waals surface area contributed by atoms with Gasteiger partial charge in [-0.2, -0.15) is 5.10 Å². The van der Waals surface area contributed by atoms with E-state index in [0.717, 1.165) is 12.1 Å². The SMILES string of the molecule is CCc1nn(C)c(C(=O)N(C)CCOC)c1N. The van der Waals surface area contributed by atoms with Gasteiger partial charge in [0.15, 0.2) is 0 Å². The Balaban J connectivity index is 2.92. The van der Waals surface area contributed by atoms with Gasteiger partial charge in [0.2, 0.25) is 0 Å². The van der Waals surface area contributed by atoms with Gasteiger partial charge in [0.05, 0.1) is 18.0 Å². The van der Waals surface area contributed by atoms with Crippen molar-refractivity contribution in [3.63, 3.8) is 0 Å². The highest BCUT2D eigenvalue weighted by Gasteiger charge is 2.21. The number of aromatic nitrogens is 2. The van der Waals surface area contributed by atoms with Crippen LogP contribution in [0.15, 0.2) is 0 Å². The monoisotopic (exact) mass is 240 g/mol. The van der Waals surface area contributed by atoms with E-state index < -0.39 is 0 Å². The molecule has 96 valence electrons. The Bertz CT molecular complexity index is 400. The number of nitrogens with zero attached hydrogens (tertiary/aromatic N) is 3. The summed E-state index contributed by atoms with van der Waals surface area (Å²) in [4.78, 5) is 13.7. The zero-order chi connectivity index (χ0) is 13.0.